The summed E-state index contributed by atoms with van der Waals surface area (Å²) >= 11 is 0. The van der Waals surface area contributed by atoms with E-state index < -0.39 is 52.4 Å². The van der Waals surface area contributed by atoms with Gasteiger partial charge in [0.05, 0.1) is 17.3 Å². The van der Waals surface area contributed by atoms with Crippen LogP contribution in [0.3, 0.4) is 0 Å². The summed E-state index contributed by atoms with van der Waals surface area (Å²) in [4.78, 5) is 13.0. The van der Waals surface area contributed by atoms with Gasteiger partial charge < -0.3 is 4.74 Å². The largest absolute Gasteiger partial charge is 0.444 e. The normalized spacial score (nSPS) is 23.8. The molecule has 1 aliphatic heterocycles. The third kappa shape index (κ3) is 5.62. The number of likely N-dealkylation sites (tertiary alicyclic amines) is 1. The predicted molar refractivity (Wildman–Crippen MR) is 82.7 cm³/mol. The maximum atomic E-state index is 13.6. The first-order valence-electron chi connectivity index (χ1n) is 7.05. The molecule has 1 rings (SSSR count). The highest BCUT2D eigenvalue weighted by atomic mass is 32.2. The molecule has 0 aromatic carbocycles. The van der Waals surface area contributed by atoms with Gasteiger partial charge in [-0.3, -0.25) is 4.90 Å². The number of nitrogens with zero attached hydrogens (tertiary/aromatic N) is 2. The lowest BCUT2D eigenvalue weighted by molar-refractivity contribution is -0.00207. The third-order valence-corrected chi connectivity index (χ3v) is 4.15. The van der Waals surface area contributed by atoms with E-state index in [9.17, 15) is 17.8 Å². The van der Waals surface area contributed by atoms with E-state index in [-0.39, 0.29) is 0 Å². The molecule has 0 N–H and O–H groups in total. The monoisotopic (exact) mass is 338 g/mol. The van der Waals surface area contributed by atoms with Gasteiger partial charge in [0.2, 0.25) is 0 Å². The van der Waals surface area contributed by atoms with E-state index in [4.69, 9.17) is 4.74 Å². The molecule has 2 atom stereocenters. The molecule has 0 aromatic rings. The molecule has 128 valence electrons. The summed E-state index contributed by atoms with van der Waals surface area (Å²) in [6, 6.07) is -0.920. The summed E-state index contributed by atoms with van der Waals surface area (Å²) in [6.07, 6.45) is -0.189. The molecule has 0 aromatic heterocycles. The Bertz CT molecular complexity index is 481. The van der Waals surface area contributed by atoms with Gasteiger partial charge in [-0.2, -0.15) is 4.40 Å². The number of carbonyl (C=O) groups is 1. The Morgan fingerprint density at radius 1 is 1.32 bits per heavy atom. The fourth-order valence-corrected chi connectivity index (χ4v) is 2.35. The molecule has 22 heavy (non-hydrogen) atoms. The number of alkyl halides is 2. The molecule has 0 bridgehead atoms. The number of amides is 1. The Morgan fingerprint density at radius 2 is 1.86 bits per heavy atom. The van der Waals surface area contributed by atoms with Crippen molar-refractivity contribution in [2.75, 3.05) is 6.54 Å². The second kappa shape index (κ2) is 6.22. The quantitative estimate of drug-likeness (QED) is 0.727. The third-order valence-electron chi connectivity index (χ3n) is 2.79. The topological polar surface area (TPSA) is 59.0 Å². The van der Waals surface area contributed by atoms with E-state index in [0.717, 1.165) is 4.90 Å². The van der Waals surface area contributed by atoms with Crippen LogP contribution >= 0.6 is 0 Å². The van der Waals surface area contributed by atoms with Crippen LogP contribution in [0.4, 0.5) is 13.6 Å². The van der Waals surface area contributed by atoms with Crippen LogP contribution in [0.5, 0.6) is 0 Å². The lowest BCUT2D eigenvalue weighted by Gasteiger charge is -2.26. The fraction of sp³-hybridized carbons (Fsp3) is 0.857. The van der Waals surface area contributed by atoms with Crippen molar-refractivity contribution < 1.29 is 22.5 Å². The molecule has 0 saturated carbocycles. The fourth-order valence-electron chi connectivity index (χ4n) is 1.78. The molecular formula is C14H24F2N2O3S. The highest BCUT2D eigenvalue weighted by molar-refractivity contribution is 7.85. The lowest BCUT2D eigenvalue weighted by Crippen LogP contribution is -2.41. The molecule has 8 heteroatoms. The van der Waals surface area contributed by atoms with E-state index in [2.05, 4.69) is 4.40 Å². The Hall–Kier alpha value is -1.05. The number of ether oxygens (including phenoxy) is 1. The van der Waals surface area contributed by atoms with Crippen molar-refractivity contribution >= 4 is 23.3 Å². The van der Waals surface area contributed by atoms with Crippen molar-refractivity contribution in [3.63, 3.8) is 0 Å². The van der Waals surface area contributed by atoms with Crippen LogP contribution in [0.2, 0.25) is 0 Å². The first kappa shape index (κ1) is 19.0. The van der Waals surface area contributed by atoms with Crippen molar-refractivity contribution in [1.82, 2.24) is 4.90 Å². The molecule has 1 aliphatic rings. The molecule has 1 amide bonds. The minimum Gasteiger partial charge on any atom is -0.444 e. The lowest BCUT2D eigenvalue weighted by atomic mass is 10.2. The van der Waals surface area contributed by atoms with Crippen LogP contribution in [0.1, 0.15) is 48.0 Å². The van der Waals surface area contributed by atoms with Crippen molar-refractivity contribution in [2.24, 2.45) is 4.40 Å². The average Bonchev–Trinajstić information content (AvgIpc) is 2.58. The standard InChI is InChI=1S/C14H24F2N2O3S/c1-12(2,3)21-11(19)18-9-14(15,16)7-10(18)8-17-22(20)13(4,5)6/h8,10H,7,9H2,1-6H3/b17-8+/t10-,22?/m0/s1. The maximum absolute atomic E-state index is 13.6. The summed E-state index contributed by atoms with van der Waals surface area (Å²) in [7, 11) is -1.56. The van der Waals surface area contributed by atoms with Gasteiger partial charge in [0.25, 0.3) is 5.92 Å². The zero-order valence-electron chi connectivity index (χ0n) is 13.9. The van der Waals surface area contributed by atoms with Gasteiger partial charge in [0.15, 0.2) is 0 Å². The van der Waals surface area contributed by atoms with Crippen molar-refractivity contribution in [1.29, 1.82) is 0 Å². The Morgan fingerprint density at radius 3 is 2.32 bits per heavy atom. The number of hydrogen-bond acceptors (Lipinski definition) is 3. The summed E-state index contributed by atoms with van der Waals surface area (Å²) in [5, 5.41) is 0. The summed E-state index contributed by atoms with van der Waals surface area (Å²) in [5.74, 6) is -3.00. The second-order valence-corrected chi connectivity index (χ2v) is 9.29. The maximum Gasteiger partial charge on any atom is 0.411 e. The molecule has 1 unspecified atom stereocenters. The molecule has 1 fully saturated rings. The van der Waals surface area contributed by atoms with Crippen LogP contribution in [0.25, 0.3) is 0 Å². The van der Waals surface area contributed by atoms with Crippen molar-refractivity contribution in [3.8, 4) is 0 Å². The molecule has 0 radical (unpaired) electrons. The van der Waals surface area contributed by atoms with Crippen LogP contribution in [0.15, 0.2) is 4.40 Å². The van der Waals surface area contributed by atoms with E-state index in [1.165, 1.54) is 6.21 Å². The Labute approximate surface area is 132 Å². The van der Waals surface area contributed by atoms with Gasteiger partial charge in [-0.05, 0) is 41.5 Å². The van der Waals surface area contributed by atoms with Crippen LogP contribution < -0.4 is 0 Å². The van der Waals surface area contributed by atoms with Gasteiger partial charge in [0.1, 0.15) is 16.6 Å². The smallest absolute Gasteiger partial charge is 0.411 e. The van der Waals surface area contributed by atoms with E-state index >= 15 is 0 Å². The number of carbonyl (C=O) groups excluding carboxylic acids is 1. The van der Waals surface area contributed by atoms with Gasteiger partial charge in [-0.25, -0.2) is 17.8 Å². The Kier molecular flexibility index (Phi) is 5.37. The minimum atomic E-state index is -3.00. The molecule has 1 heterocycles. The summed E-state index contributed by atoms with van der Waals surface area (Å²) in [5.41, 5.74) is -0.773. The molecule has 0 spiro atoms. The summed E-state index contributed by atoms with van der Waals surface area (Å²) < 4.78 is 47.5. The van der Waals surface area contributed by atoms with Crippen LogP contribution in [-0.4, -0.2) is 50.3 Å². The van der Waals surface area contributed by atoms with E-state index in [0.29, 0.717) is 0 Å². The van der Waals surface area contributed by atoms with Crippen molar-refractivity contribution in [3.05, 3.63) is 0 Å². The first-order chi connectivity index (χ1) is 9.71. The molecule has 0 aliphatic carbocycles. The number of hydrogen-bond donors (Lipinski definition) is 0. The van der Waals surface area contributed by atoms with Crippen LogP contribution in [-0.2, 0) is 15.7 Å². The Balaban J connectivity index is 2.88. The average molecular weight is 338 g/mol. The van der Waals surface area contributed by atoms with Gasteiger partial charge >= 0.3 is 6.09 Å². The van der Waals surface area contributed by atoms with Crippen molar-refractivity contribution in [2.45, 2.75) is 70.3 Å². The minimum absolute atomic E-state index is 0.545. The highest BCUT2D eigenvalue weighted by Crippen LogP contribution is 2.32. The zero-order valence-corrected chi connectivity index (χ0v) is 14.7. The van der Waals surface area contributed by atoms with E-state index in [1.807, 2.05) is 0 Å². The van der Waals surface area contributed by atoms with Gasteiger partial charge in [-0.15, -0.1) is 0 Å². The summed E-state index contributed by atoms with van der Waals surface area (Å²) in [6.45, 7) is 9.46. The number of rotatable bonds is 2. The SMILES string of the molecule is CC(C)(C)OC(=O)N1CC(F)(F)C[C@H]1/C=N/S(=O)C(C)(C)C. The molecule has 5 nitrogen and oxygen atoms in total. The van der Waals surface area contributed by atoms with Gasteiger partial charge in [0, 0.05) is 12.6 Å². The zero-order chi connectivity index (χ0) is 17.3. The molecule has 1 saturated heterocycles. The van der Waals surface area contributed by atoms with Crippen LogP contribution in [0, 0.1) is 0 Å². The highest BCUT2D eigenvalue weighted by Gasteiger charge is 2.47. The molecular weight excluding hydrogens is 314 g/mol. The van der Waals surface area contributed by atoms with Gasteiger partial charge in [-0.1, -0.05) is 0 Å². The second-order valence-electron chi connectivity index (χ2n) is 7.35. The van der Waals surface area contributed by atoms with E-state index in [1.54, 1.807) is 41.5 Å². The predicted octanol–water partition coefficient (Wildman–Crippen LogP) is 3.16. The number of halogens is 2. The first-order valence-corrected chi connectivity index (χ1v) is 8.16.